The topological polar surface area (TPSA) is 23.5 Å². The summed E-state index contributed by atoms with van der Waals surface area (Å²) in [6.45, 7) is 2.13. The van der Waals surface area contributed by atoms with Gasteiger partial charge in [-0.1, -0.05) is 22.6 Å². The molecule has 2 nitrogen and oxygen atoms in total. The Bertz CT molecular complexity index is 89.1. The minimum absolute atomic E-state index is 0.139. The predicted molar refractivity (Wildman–Crippen MR) is 45.7 cm³/mol. The third kappa shape index (κ3) is 2.05. The van der Waals surface area contributed by atoms with Crippen LogP contribution in [0.1, 0.15) is 12.8 Å². The maximum Gasteiger partial charge on any atom is 0.107 e. The fourth-order valence-corrected chi connectivity index (χ4v) is 1.80. The molecule has 1 N–H and O–H groups in total. The summed E-state index contributed by atoms with van der Waals surface area (Å²) < 4.78 is 1.12. The second-order valence-corrected chi connectivity index (χ2v) is 3.43. The molecule has 1 rings (SSSR count). The minimum Gasteiger partial charge on any atom is -0.378 e. The van der Waals surface area contributed by atoms with E-state index in [1.165, 1.54) is 0 Å². The van der Waals surface area contributed by atoms with E-state index in [9.17, 15) is 5.11 Å². The minimum atomic E-state index is -0.139. The maximum atomic E-state index is 9.24. The van der Waals surface area contributed by atoms with Crippen molar-refractivity contribution in [3.05, 3.63) is 0 Å². The van der Waals surface area contributed by atoms with E-state index < -0.39 is 0 Å². The van der Waals surface area contributed by atoms with E-state index in [0.29, 0.717) is 0 Å². The molecule has 0 bridgehead atoms. The molecule has 0 aromatic heterocycles. The van der Waals surface area contributed by atoms with Crippen LogP contribution in [0.15, 0.2) is 0 Å². The van der Waals surface area contributed by atoms with Crippen molar-refractivity contribution in [3.8, 4) is 0 Å². The number of alkyl halides is 1. The SMILES string of the molecule is OC1CCCN1CCI. The normalized spacial score (nSPS) is 29.3. The largest absolute Gasteiger partial charge is 0.378 e. The molecule has 0 saturated carbocycles. The van der Waals surface area contributed by atoms with Gasteiger partial charge in [-0.05, 0) is 12.8 Å². The summed E-state index contributed by atoms with van der Waals surface area (Å²) in [6, 6.07) is 0. The number of likely N-dealkylation sites (tertiary alicyclic amines) is 1. The van der Waals surface area contributed by atoms with Gasteiger partial charge in [0.1, 0.15) is 6.23 Å². The molecule has 0 radical (unpaired) electrons. The number of hydrogen-bond acceptors (Lipinski definition) is 2. The highest BCUT2D eigenvalue weighted by molar-refractivity contribution is 14.1. The van der Waals surface area contributed by atoms with E-state index in [1.54, 1.807) is 0 Å². The van der Waals surface area contributed by atoms with Crippen molar-refractivity contribution in [2.45, 2.75) is 19.1 Å². The van der Waals surface area contributed by atoms with Crippen LogP contribution in [0.4, 0.5) is 0 Å². The smallest absolute Gasteiger partial charge is 0.107 e. The Morgan fingerprint density at radius 3 is 2.89 bits per heavy atom. The lowest BCUT2D eigenvalue weighted by atomic mass is 10.4. The van der Waals surface area contributed by atoms with E-state index in [1.807, 2.05) is 0 Å². The lowest BCUT2D eigenvalue weighted by Gasteiger charge is -2.17. The van der Waals surface area contributed by atoms with Crippen LogP contribution >= 0.6 is 22.6 Å². The molecule has 1 saturated heterocycles. The Morgan fingerprint density at radius 1 is 1.67 bits per heavy atom. The highest BCUT2D eigenvalue weighted by atomic mass is 127. The van der Waals surface area contributed by atoms with Crippen LogP contribution in [0.25, 0.3) is 0 Å². The molecule has 0 aliphatic carbocycles. The maximum absolute atomic E-state index is 9.24. The van der Waals surface area contributed by atoms with Crippen LogP contribution in [0, 0.1) is 0 Å². The summed E-state index contributed by atoms with van der Waals surface area (Å²) in [7, 11) is 0. The van der Waals surface area contributed by atoms with Gasteiger partial charge in [-0.25, -0.2) is 0 Å². The van der Waals surface area contributed by atoms with Crippen molar-refractivity contribution in [3.63, 3.8) is 0 Å². The molecule has 0 aromatic carbocycles. The van der Waals surface area contributed by atoms with Crippen LogP contribution in [0.3, 0.4) is 0 Å². The van der Waals surface area contributed by atoms with E-state index in [4.69, 9.17) is 0 Å². The number of hydrogen-bond donors (Lipinski definition) is 1. The molecule has 1 fully saturated rings. The molecule has 1 aliphatic heterocycles. The summed E-state index contributed by atoms with van der Waals surface area (Å²) in [4.78, 5) is 2.13. The molecule has 1 unspecified atom stereocenters. The fourth-order valence-electron chi connectivity index (χ4n) is 1.18. The van der Waals surface area contributed by atoms with Gasteiger partial charge in [0.15, 0.2) is 0 Å². The van der Waals surface area contributed by atoms with Crippen LogP contribution in [-0.2, 0) is 0 Å². The summed E-state index contributed by atoms with van der Waals surface area (Å²) in [5.41, 5.74) is 0. The highest BCUT2D eigenvalue weighted by Gasteiger charge is 2.20. The van der Waals surface area contributed by atoms with Gasteiger partial charge in [0.25, 0.3) is 0 Å². The zero-order valence-corrected chi connectivity index (χ0v) is 7.54. The van der Waals surface area contributed by atoms with E-state index in [0.717, 1.165) is 30.4 Å². The van der Waals surface area contributed by atoms with Crippen LogP contribution in [0.5, 0.6) is 0 Å². The number of aliphatic hydroxyl groups is 1. The van der Waals surface area contributed by atoms with Crippen molar-refractivity contribution in [1.82, 2.24) is 4.90 Å². The molecule has 0 spiro atoms. The molecule has 1 aliphatic rings. The number of rotatable bonds is 2. The standard InChI is InChI=1S/C6H12INO/c7-3-5-8-4-1-2-6(8)9/h6,9H,1-5H2. The van der Waals surface area contributed by atoms with Gasteiger partial charge in [-0.2, -0.15) is 0 Å². The van der Waals surface area contributed by atoms with Crippen molar-refractivity contribution in [2.24, 2.45) is 0 Å². The molecule has 1 atom stereocenters. The van der Waals surface area contributed by atoms with Crippen molar-refractivity contribution < 1.29 is 5.11 Å². The third-order valence-corrected chi connectivity index (χ3v) is 2.18. The molecule has 9 heavy (non-hydrogen) atoms. The predicted octanol–water partition coefficient (Wildman–Crippen LogP) is 0.836. The van der Waals surface area contributed by atoms with Gasteiger partial charge in [0.05, 0.1) is 0 Å². The first kappa shape index (κ1) is 7.75. The molecule has 1 heterocycles. The first-order valence-electron chi connectivity index (χ1n) is 3.32. The van der Waals surface area contributed by atoms with Gasteiger partial charge < -0.3 is 5.11 Å². The van der Waals surface area contributed by atoms with Crippen molar-refractivity contribution >= 4 is 22.6 Å². The average molecular weight is 241 g/mol. The van der Waals surface area contributed by atoms with Crippen LogP contribution in [0.2, 0.25) is 0 Å². The van der Waals surface area contributed by atoms with Crippen molar-refractivity contribution in [2.75, 3.05) is 17.5 Å². The molecule has 0 aromatic rings. The Morgan fingerprint density at radius 2 is 2.44 bits per heavy atom. The lowest BCUT2D eigenvalue weighted by Crippen LogP contribution is -2.30. The first-order chi connectivity index (χ1) is 4.34. The fraction of sp³-hybridized carbons (Fsp3) is 1.00. The van der Waals surface area contributed by atoms with E-state index in [-0.39, 0.29) is 6.23 Å². The van der Waals surface area contributed by atoms with Crippen LogP contribution in [-0.4, -0.2) is 33.8 Å². The second kappa shape index (κ2) is 3.73. The average Bonchev–Trinajstić information content (AvgIpc) is 2.18. The van der Waals surface area contributed by atoms with Gasteiger partial charge in [0.2, 0.25) is 0 Å². The Labute approximate surface area is 69.4 Å². The Balaban J connectivity index is 2.22. The van der Waals surface area contributed by atoms with E-state index in [2.05, 4.69) is 27.5 Å². The molecule has 54 valence electrons. The summed E-state index contributed by atoms with van der Waals surface area (Å²) >= 11 is 2.33. The number of aliphatic hydroxyl groups excluding tert-OH is 1. The third-order valence-electron chi connectivity index (χ3n) is 1.70. The quantitative estimate of drug-likeness (QED) is 0.572. The van der Waals surface area contributed by atoms with Gasteiger partial charge in [0, 0.05) is 17.5 Å². The van der Waals surface area contributed by atoms with Gasteiger partial charge >= 0.3 is 0 Å². The number of halogens is 1. The Hall–Kier alpha value is 0.650. The molecular weight excluding hydrogens is 229 g/mol. The van der Waals surface area contributed by atoms with Crippen molar-refractivity contribution in [1.29, 1.82) is 0 Å². The van der Waals surface area contributed by atoms with Gasteiger partial charge in [-0.3, -0.25) is 4.90 Å². The summed E-state index contributed by atoms with van der Waals surface area (Å²) in [5.74, 6) is 0. The first-order valence-corrected chi connectivity index (χ1v) is 4.85. The monoisotopic (exact) mass is 241 g/mol. The second-order valence-electron chi connectivity index (χ2n) is 2.35. The number of nitrogens with zero attached hydrogens (tertiary/aromatic N) is 1. The Kier molecular flexibility index (Phi) is 3.21. The summed E-state index contributed by atoms with van der Waals surface area (Å²) in [6.07, 6.45) is 1.99. The van der Waals surface area contributed by atoms with Gasteiger partial charge in [-0.15, -0.1) is 0 Å². The molecule has 0 amide bonds. The lowest BCUT2D eigenvalue weighted by molar-refractivity contribution is 0.0435. The zero-order chi connectivity index (χ0) is 6.69. The highest BCUT2D eigenvalue weighted by Crippen LogP contribution is 2.13. The molecular formula is C6H12INO. The van der Waals surface area contributed by atoms with Crippen LogP contribution < -0.4 is 0 Å². The zero-order valence-electron chi connectivity index (χ0n) is 5.39. The summed E-state index contributed by atoms with van der Waals surface area (Å²) in [5, 5.41) is 9.24. The molecule has 3 heteroatoms. The van der Waals surface area contributed by atoms with E-state index >= 15 is 0 Å².